The lowest BCUT2D eigenvalue weighted by atomic mass is 9.90. The molecule has 1 aliphatic heterocycles. The van der Waals surface area contributed by atoms with Crippen LogP contribution in [0.1, 0.15) is 37.9 Å². The highest BCUT2D eigenvalue weighted by atomic mass is 16.2. The van der Waals surface area contributed by atoms with Crippen LogP contribution in [0.3, 0.4) is 0 Å². The number of nitrogens with zero attached hydrogens (tertiary/aromatic N) is 3. The van der Waals surface area contributed by atoms with Crippen LogP contribution in [-0.4, -0.2) is 39.3 Å². The second-order valence-electron chi connectivity index (χ2n) is 6.54. The summed E-state index contributed by atoms with van der Waals surface area (Å²) in [4.78, 5) is 18.1. The first kappa shape index (κ1) is 16.0. The summed E-state index contributed by atoms with van der Waals surface area (Å²) in [6.07, 6.45) is 6.14. The largest absolute Gasteiger partial charge is 0.343 e. The summed E-state index contributed by atoms with van der Waals surface area (Å²) in [5.74, 6) is 0.715. The molecule has 1 fully saturated rings. The van der Waals surface area contributed by atoms with E-state index in [9.17, 15) is 4.79 Å². The van der Waals surface area contributed by atoms with E-state index in [1.54, 1.807) is 6.92 Å². The van der Waals surface area contributed by atoms with Gasteiger partial charge in [0.25, 0.3) is 0 Å². The number of rotatable bonds is 4. The molecule has 3 heterocycles. The molecule has 2 aromatic rings. The van der Waals surface area contributed by atoms with E-state index in [1.165, 1.54) is 11.3 Å². The molecular formula is C18H26N4O. The molecule has 2 atom stereocenters. The minimum absolute atomic E-state index is 0.194. The fraction of sp³-hybridized carbons (Fsp3) is 0.556. The van der Waals surface area contributed by atoms with Crippen molar-refractivity contribution < 1.29 is 4.79 Å². The van der Waals surface area contributed by atoms with Crippen molar-refractivity contribution in [3.63, 3.8) is 0 Å². The summed E-state index contributed by atoms with van der Waals surface area (Å²) >= 11 is 0. The zero-order valence-corrected chi connectivity index (χ0v) is 14.2. The Balaban J connectivity index is 1.67. The van der Waals surface area contributed by atoms with Gasteiger partial charge in [0.05, 0.1) is 11.9 Å². The standard InChI is InChI=1S/C18H26N4O/c1-4-15-12-21(14(3)23)9-7-17(15)19-10-16-11-20-18-13(2)6-5-8-22(16)18/h5-6,8,11,15,17,19H,4,7,9-10,12H2,1-3H3/t15-,17-/m1/s1. The number of piperidine rings is 1. The van der Waals surface area contributed by atoms with E-state index in [-0.39, 0.29) is 5.91 Å². The van der Waals surface area contributed by atoms with Gasteiger partial charge in [0, 0.05) is 38.8 Å². The van der Waals surface area contributed by atoms with Gasteiger partial charge in [-0.25, -0.2) is 4.98 Å². The van der Waals surface area contributed by atoms with Crippen LogP contribution in [0.2, 0.25) is 0 Å². The summed E-state index contributed by atoms with van der Waals surface area (Å²) in [6.45, 7) is 8.50. The minimum atomic E-state index is 0.194. The molecule has 0 unspecified atom stereocenters. The van der Waals surface area contributed by atoms with Crippen molar-refractivity contribution in [2.45, 2.75) is 46.2 Å². The van der Waals surface area contributed by atoms with Crippen molar-refractivity contribution in [2.24, 2.45) is 5.92 Å². The fourth-order valence-corrected chi connectivity index (χ4v) is 3.57. The second-order valence-corrected chi connectivity index (χ2v) is 6.54. The van der Waals surface area contributed by atoms with E-state index >= 15 is 0 Å². The maximum absolute atomic E-state index is 11.6. The van der Waals surface area contributed by atoms with Crippen LogP contribution >= 0.6 is 0 Å². The summed E-state index contributed by atoms with van der Waals surface area (Å²) in [5.41, 5.74) is 3.41. The van der Waals surface area contributed by atoms with Gasteiger partial charge >= 0.3 is 0 Å². The van der Waals surface area contributed by atoms with Gasteiger partial charge in [-0.1, -0.05) is 19.4 Å². The molecule has 23 heavy (non-hydrogen) atoms. The van der Waals surface area contributed by atoms with Crippen LogP contribution in [0.15, 0.2) is 24.5 Å². The zero-order valence-electron chi connectivity index (χ0n) is 14.2. The Kier molecular flexibility index (Phi) is 4.66. The molecule has 0 saturated carbocycles. The van der Waals surface area contributed by atoms with Gasteiger partial charge in [-0.05, 0) is 30.9 Å². The number of nitrogens with one attached hydrogen (secondary N) is 1. The highest BCUT2D eigenvalue weighted by Crippen LogP contribution is 2.21. The molecule has 0 spiro atoms. The van der Waals surface area contributed by atoms with Crippen LogP contribution < -0.4 is 5.32 Å². The molecule has 124 valence electrons. The van der Waals surface area contributed by atoms with Gasteiger partial charge in [-0.2, -0.15) is 0 Å². The van der Waals surface area contributed by atoms with Crippen molar-refractivity contribution in [3.8, 4) is 0 Å². The first-order chi connectivity index (χ1) is 11.1. The summed E-state index contributed by atoms with van der Waals surface area (Å²) in [6, 6.07) is 4.61. The molecule has 1 saturated heterocycles. The molecular weight excluding hydrogens is 288 g/mol. The summed E-state index contributed by atoms with van der Waals surface area (Å²) in [7, 11) is 0. The maximum atomic E-state index is 11.6. The molecule has 0 radical (unpaired) electrons. The number of hydrogen-bond donors (Lipinski definition) is 1. The average Bonchev–Trinajstić information content (AvgIpc) is 2.97. The van der Waals surface area contributed by atoms with Crippen LogP contribution in [-0.2, 0) is 11.3 Å². The smallest absolute Gasteiger partial charge is 0.219 e. The Labute approximate surface area is 137 Å². The molecule has 1 amide bonds. The zero-order chi connectivity index (χ0) is 16.4. The topological polar surface area (TPSA) is 49.6 Å². The highest BCUT2D eigenvalue weighted by molar-refractivity contribution is 5.73. The van der Waals surface area contributed by atoms with E-state index in [0.717, 1.165) is 38.1 Å². The number of imidazole rings is 1. The Morgan fingerprint density at radius 2 is 2.30 bits per heavy atom. The normalized spacial score (nSPS) is 21.8. The van der Waals surface area contributed by atoms with Gasteiger partial charge < -0.3 is 14.6 Å². The number of carbonyl (C=O) groups is 1. The van der Waals surface area contributed by atoms with Crippen molar-refractivity contribution >= 4 is 11.6 Å². The molecule has 3 rings (SSSR count). The van der Waals surface area contributed by atoms with Crippen molar-refractivity contribution in [1.82, 2.24) is 19.6 Å². The van der Waals surface area contributed by atoms with Crippen LogP contribution in [0.25, 0.3) is 5.65 Å². The van der Waals surface area contributed by atoms with Gasteiger partial charge in [0.2, 0.25) is 5.91 Å². The summed E-state index contributed by atoms with van der Waals surface area (Å²) in [5, 5.41) is 3.70. The van der Waals surface area contributed by atoms with Crippen molar-refractivity contribution in [1.29, 1.82) is 0 Å². The monoisotopic (exact) mass is 314 g/mol. The summed E-state index contributed by atoms with van der Waals surface area (Å²) < 4.78 is 2.16. The van der Waals surface area contributed by atoms with Crippen LogP contribution in [0.5, 0.6) is 0 Å². The number of aromatic nitrogens is 2. The van der Waals surface area contributed by atoms with Crippen molar-refractivity contribution in [3.05, 3.63) is 35.8 Å². The van der Waals surface area contributed by atoms with E-state index in [0.29, 0.717) is 12.0 Å². The number of amides is 1. The molecule has 5 heteroatoms. The number of pyridine rings is 1. The predicted octanol–water partition coefficient (Wildman–Crippen LogP) is 2.38. The Morgan fingerprint density at radius 1 is 1.48 bits per heavy atom. The van der Waals surface area contributed by atoms with E-state index in [1.807, 2.05) is 11.1 Å². The maximum Gasteiger partial charge on any atom is 0.219 e. The molecule has 0 bridgehead atoms. The quantitative estimate of drug-likeness (QED) is 0.942. The molecule has 1 aliphatic rings. The third kappa shape index (κ3) is 3.24. The number of fused-ring (bicyclic) bond motifs is 1. The molecule has 5 nitrogen and oxygen atoms in total. The lowest BCUT2D eigenvalue weighted by Gasteiger charge is -2.38. The minimum Gasteiger partial charge on any atom is -0.343 e. The van der Waals surface area contributed by atoms with Gasteiger partial charge in [-0.3, -0.25) is 4.79 Å². The van der Waals surface area contributed by atoms with Crippen molar-refractivity contribution in [2.75, 3.05) is 13.1 Å². The highest BCUT2D eigenvalue weighted by Gasteiger charge is 2.28. The lowest BCUT2D eigenvalue weighted by molar-refractivity contribution is -0.131. The second kappa shape index (κ2) is 6.71. The third-order valence-electron chi connectivity index (χ3n) is 5.06. The predicted molar refractivity (Wildman–Crippen MR) is 91.2 cm³/mol. The Hall–Kier alpha value is -1.88. The first-order valence-electron chi connectivity index (χ1n) is 8.50. The average molecular weight is 314 g/mol. The van der Waals surface area contributed by atoms with Gasteiger partial charge in [0.15, 0.2) is 0 Å². The SMILES string of the molecule is CC[C@@H]1CN(C(C)=O)CC[C@H]1NCc1cnc2c(C)cccn12. The van der Waals surface area contributed by atoms with Crippen LogP contribution in [0.4, 0.5) is 0 Å². The Bertz CT molecular complexity index is 693. The first-order valence-corrected chi connectivity index (χ1v) is 8.50. The molecule has 2 aromatic heterocycles. The van der Waals surface area contributed by atoms with E-state index in [4.69, 9.17) is 0 Å². The third-order valence-corrected chi connectivity index (χ3v) is 5.06. The number of hydrogen-bond acceptors (Lipinski definition) is 3. The van der Waals surface area contributed by atoms with E-state index < -0.39 is 0 Å². The number of carbonyl (C=O) groups excluding carboxylic acids is 1. The van der Waals surface area contributed by atoms with Crippen LogP contribution in [0, 0.1) is 12.8 Å². The van der Waals surface area contributed by atoms with Gasteiger partial charge in [0.1, 0.15) is 5.65 Å². The number of aryl methyl sites for hydroxylation is 1. The molecule has 0 aromatic carbocycles. The fourth-order valence-electron chi connectivity index (χ4n) is 3.57. The molecule has 1 N–H and O–H groups in total. The lowest BCUT2D eigenvalue weighted by Crippen LogP contribution is -2.50. The van der Waals surface area contributed by atoms with Gasteiger partial charge in [-0.15, -0.1) is 0 Å². The Morgan fingerprint density at radius 3 is 3.04 bits per heavy atom. The number of likely N-dealkylation sites (tertiary alicyclic amines) is 1. The van der Waals surface area contributed by atoms with E-state index in [2.05, 4.69) is 46.9 Å². The molecule has 0 aliphatic carbocycles.